The maximum Gasteiger partial charge on any atom is 0.409 e. The van der Waals surface area contributed by atoms with E-state index in [1.54, 1.807) is 0 Å². The molecule has 7 heteroatoms. The van der Waals surface area contributed by atoms with Gasteiger partial charge in [-0.3, -0.25) is 4.90 Å². The Kier molecular flexibility index (Phi) is 4.88. The quantitative estimate of drug-likeness (QED) is 0.709. The molecule has 4 aliphatic rings. The molecule has 1 amide bonds. The van der Waals surface area contributed by atoms with Gasteiger partial charge in [0.05, 0.1) is 6.61 Å². The van der Waals surface area contributed by atoms with E-state index in [2.05, 4.69) is 4.90 Å². The third kappa shape index (κ3) is 3.68. The van der Waals surface area contributed by atoms with Crippen LogP contribution in [0.15, 0.2) is 0 Å². The second-order valence-corrected chi connectivity index (χ2v) is 9.28. The van der Waals surface area contributed by atoms with Gasteiger partial charge in [0.15, 0.2) is 0 Å². The molecule has 4 fully saturated rings. The number of fused-ring (bicyclic) bond motifs is 1. The largest absolute Gasteiger partial charge is 0.450 e. The predicted molar refractivity (Wildman–Crippen MR) is 95.2 cm³/mol. The Morgan fingerprint density at radius 3 is 2.44 bits per heavy atom. The van der Waals surface area contributed by atoms with Gasteiger partial charge in [-0.25, -0.2) is 4.79 Å². The van der Waals surface area contributed by atoms with Gasteiger partial charge in [0.1, 0.15) is 0 Å². The van der Waals surface area contributed by atoms with E-state index in [-0.39, 0.29) is 23.3 Å². The van der Waals surface area contributed by atoms with Gasteiger partial charge < -0.3 is 9.64 Å². The number of carbonyl (C=O) groups is 1. The molecular weight excluding hydrogens is 357 g/mol. The SMILES string of the molecule is CCOC(=O)N1CCC2(CC(N3C[C@@H]4C(C(CC)CC(F)(F)F)[C@@H]4C3)C2)C1. The highest BCUT2D eigenvalue weighted by Crippen LogP contribution is 2.60. The first-order valence-corrected chi connectivity index (χ1v) is 10.5. The lowest BCUT2D eigenvalue weighted by atomic mass is 9.64. The van der Waals surface area contributed by atoms with Crippen molar-refractivity contribution in [1.82, 2.24) is 9.80 Å². The number of ether oxygens (including phenoxy) is 1. The van der Waals surface area contributed by atoms with Crippen LogP contribution in [0, 0.1) is 29.1 Å². The topological polar surface area (TPSA) is 32.8 Å². The Hall–Kier alpha value is -0.980. The van der Waals surface area contributed by atoms with Crippen molar-refractivity contribution in [1.29, 1.82) is 0 Å². The van der Waals surface area contributed by atoms with Crippen LogP contribution in [0.25, 0.3) is 0 Å². The first-order valence-electron chi connectivity index (χ1n) is 10.5. The average molecular weight is 388 g/mol. The zero-order valence-electron chi connectivity index (χ0n) is 16.3. The van der Waals surface area contributed by atoms with Crippen LogP contribution in [0.3, 0.4) is 0 Å². The lowest BCUT2D eigenvalue weighted by molar-refractivity contribution is -0.147. The molecule has 2 aliphatic heterocycles. The fourth-order valence-electron chi connectivity index (χ4n) is 6.29. The van der Waals surface area contributed by atoms with Crippen molar-refractivity contribution in [2.24, 2.45) is 29.1 Å². The normalized spacial score (nSPS) is 39.4. The van der Waals surface area contributed by atoms with Gasteiger partial charge >= 0.3 is 12.3 Å². The van der Waals surface area contributed by atoms with Crippen molar-refractivity contribution in [3.8, 4) is 0 Å². The lowest BCUT2D eigenvalue weighted by Gasteiger charge is -2.49. The second-order valence-electron chi connectivity index (χ2n) is 9.28. The third-order valence-corrected chi connectivity index (χ3v) is 7.67. The Morgan fingerprint density at radius 2 is 1.89 bits per heavy atom. The van der Waals surface area contributed by atoms with Gasteiger partial charge in [-0.05, 0) is 55.3 Å². The van der Waals surface area contributed by atoms with Gasteiger partial charge in [-0.1, -0.05) is 13.3 Å². The molecule has 2 saturated carbocycles. The van der Waals surface area contributed by atoms with Crippen molar-refractivity contribution >= 4 is 6.09 Å². The van der Waals surface area contributed by atoms with Gasteiger partial charge in [0, 0.05) is 38.6 Å². The smallest absolute Gasteiger partial charge is 0.409 e. The minimum absolute atomic E-state index is 0.192. The molecule has 154 valence electrons. The molecule has 27 heavy (non-hydrogen) atoms. The molecule has 0 aromatic heterocycles. The molecule has 4 nitrogen and oxygen atoms in total. The zero-order valence-corrected chi connectivity index (χ0v) is 16.3. The van der Waals surface area contributed by atoms with E-state index in [1.807, 2.05) is 18.7 Å². The third-order valence-electron chi connectivity index (χ3n) is 7.67. The number of hydrogen-bond acceptors (Lipinski definition) is 3. The monoisotopic (exact) mass is 388 g/mol. The van der Waals surface area contributed by atoms with Crippen LogP contribution in [0.1, 0.15) is 46.0 Å². The highest BCUT2D eigenvalue weighted by Gasteiger charge is 2.62. The number of likely N-dealkylation sites (tertiary alicyclic amines) is 2. The molecule has 2 unspecified atom stereocenters. The fourth-order valence-corrected chi connectivity index (χ4v) is 6.29. The van der Waals surface area contributed by atoms with Crippen LogP contribution >= 0.6 is 0 Å². The van der Waals surface area contributed by atoms with Crippen molar-refractivity contribution in [3.63, 3.8) is 0 Å². The minimum atomic E-state index is -4.04. The van der Waals surface area contributed by atoms with E-state index in [0.29, 0.717) is 30.9 Å². The maximum atomic E-state index is 12.8. The van der Waals surface area contributed by atoms with Crippen molar-refractivity contribution in [3.05, 3.63) is 0 Å². The van der Waals surface area contributed by atoms with Crippen LogP contribution < -0.4 is 0 Å². The van der Waals surface area contributed by atoms with E-state index in [0.717, 1.165) is 45.4 Å². The molecule has 0 aromatic rings. The summed E-state index contributed by atoms with van der Waals surface area (Å²) in [5.74, 6) is 1.05. The number of carbonyl (C=O) groups excluding carboxylic acids is 1. The van der Waals surface area contributed by atoms with Crippen LogP contribution in [0.2, 0.25) is 0 Å². The summed E-state index contributed by atoms with van der Waals surface area (Å²) in [6.45, 7) is 7.68. The molecular formula is C20H31F3N2O2. The first kappa shape index (κ1) is 19.3. The molecule has 2 aliphatic carbocycles. The molecule has 0 N–H and O–H groups in total. The van der Waals surface area contributed by atoms with E-state index in [1.165, 1.54) is 0 Å². The van der Waals surface area contributed by atoms with Gasteiger partial charge in [0.25, 0.3) is 0 Å². The summed E-state index contributed by atoms with van der Waals surface area (Å²) in [7, 11) is 0. The van der Waals surface area contributed by atoms with E-state index in [9.17, 15) is 18.0 Å². The number of nitrogens with zero attached hydrogens (tertiary/aromatic N) is 2. The molecule has 1 spiro atoms. The van der Waals surface area contributed by atoms with Gasteiger partial charge in [0.2, 0.25) is 0 Å². The van der Waals surface area contributed by atoms with E-state index < -0.39 is 12.6 Å². The standard InChI is InChI=1S/C20H31F3N2O2/c1-3-13(7-20(21,22)23)17-15-10-25(11-16(15)17)14-8-19(9-14)5-6-24(12-19)18(26)27-4-2/h13-17H,3-12H2,1-2H3/t13?,14?,15-,16+,17?,19?. The molecule has 2 saturated heterocycles. The predicted octanol–water partition coefficient (Wildman–Crippen LogP) is 4.15. The molecule has 0 radical (unpaired) electrons. The summed E-state index contributed by atoms with van der Waals surface area (Å²) in [6, 6.07) is 0.559. The highest BCUT2D eigenvalue weighted by atomic mass is 19.4. The number of amides is 1. The van der Waals surface area contributed by atoms with Gasteiger partial charge in [-0.2, -0.15) is 13.2 Å². The Morgan fingerprint density at radius 1 is 1.22 bits per heavy atom. The number of piperidine rings is 1. The summed E-state index contributed by atoms with van der Waals surface area (Å²) >= 11 is 0. The first-order chi connectivity index (χ1) is 12.8. The van der Waals surface area contributed by atoms with Crippen LogP contribution in [0.5, 0.6) is 0 Å². The molecule has 0 bridgehead atoms. The number of alkyl halides is 3. The second kappa shape index (κ2) is 6.82. The Bertz CT molecular complexity index is 564. The lowest BCUT2D eigenvalue weighted by Crippen LogP contribution is -2.52. The molecule has 4 atom stereocenters. The Labute approximate surface area is 159 Å². The maximum absolute atomic E-state index is 12.8. The van der Waals surface area contributed by atoms with E-state index >= 15 is 0 Å². The summed E-state index contributed by atoms with van der Waals surface area (Å²) in [5, 5.41) is 0. The van der Waals surface area contributed by atoms with Crippen molar-refractivity contribution in [2.75, 3.05) is 32.8 Å². The summed E-state index contributed by atoms with van der Waals surface area (Å²) in [5.41, 5.74) is 0.256. The van der Waals surface area contributed by atoms with Gasteiger partial charge in [-0.15, -0.1) is 0 Å². The minimum Gasteiger partial charge on any atom is -0.450 e. The fraction of sp³-hybridized carbons (Fsp3) is 0.950. The van der Waals surface area contributed by atoms with Crippen LogP contribution in [0.4, 0.5) is 18.0 Å². The summed E-state index contributed by atoms with van der Waals surface area (Å²) in [6.07, 6.45) is -0.928. The van der Waals surface area contributed by atoms with Crippen LogP contribution in [-0.2, 0) is 4.74 Å². The average Bonchev–Trinajstić information content (AvgIpc) is 2.95. The van der Waals surface area contributed by atoms with Crippen molar-refractivity contribution in [2.45, 2.75) is 58.2 Å². The molecule has 2 heterocycles. The van der Waals surface area contributed by atoms with E-state index in [4.69, 9.17) is 4.74 Å². The number of hydrogen-bond donors (Lipinski definition) is 0. The Balaban J connectivity index is 1.23. The van der Waals surface area contributed by atoms with Crippen LogP contribution in [-0.4, -0.2) is 60.9 Å². The highest BCUT2D eigenvalue weighted by molar-refractivity contribution is 5.68. The molecule has 4 rings (SSSR count). The number of halogens is 3. The zero-order chi connectivity index (χ0) is 19.4. The van der Waals surface area contributed by atoms with Crippen molar-refractivity contribution < 1.29 is 22.7 Å². The summed E-state index contributed by atoms with van der Waals surface area (Å²) in [4.78, 5) is 16.3. The molecule has 0 aromatic carbocycles. The summed E-state index contributed by atoms with van der Waals surface area (Å²) < 4.78 is 43.5. The number of rotatable bonds is 5.